The third-order valence-corrected chi connectivity index (χ3v) is 6.42. The molecular weight excluding hydrogens is 412 g/mol. The van der Waals surface area contributed by atoms with Gasteiger partial charge >= 0.3 is 12.1 Å². The van der Waals surface area contributed by atoms with Crippen molar-refractivity contribution >= 4 is 23.9 Å². The topological polar surface area (TPSA) is 90.5 Å². The number of carbonyl (C=O) groups excluding carboxylic acids is 4. The zero-order valence-corrected chi connectivity index (χ0v) is 20.6. The summed E-state index contributed by atoms with van der Waals surface area (Å²) in [6, 6.07) is -0.412. The number of carbonyl (C=O) groups is 4. The Morgan fingerprint density at radius 1 is 0.750 bits per heavy atom. The van der Waals surface area contributed by atoms with Crippen LogP contribution in [0.15, 0.2) is 0 Å². The van der Waals surface area contributed by atoms with Gasteiger partial charge in [0, 0.05) is 37.9 Å². The Labute approximate surface area is 192 Å². The van der Waals surface area contributed by atoms with E-state index in [1.54, 1.807) is 11.9 Å². The Bertz CT molecular complexity index is 721. The molecule has 9 nitrogen and oxygen atoms in total. The molecule has 0 unspecified atom stereocenters. The summed E-state index contributed by atoms with van der Waals surface area (Å²) in [6.45, 7) is 11.8. The largest absolute Gasteiger partial charge is 0.381 e. The first-order valence-electron chi connectivity index (χ1n) is 11.7. The summed E-state index contributed by atoms with van der Waals surface area (Å²) in [4.78, 5) is 54.7. The van der Waals surface area contributed by atoms with E-state index in [1.165, 1.54) is 14.7 Å². The van der Waals surface area contributed by atoms with E-state index in [4.69, 9.17) is 4.74 Å². The summed E-state index contributed by atoms with van der Waals surface area (Å²) in [5.74, 6) is -0.258. The molecule has 2 aliphatic heterocycles. The van der Waals surface area contributed by atoms with Crippen LogP contribution in [0.25, 0.3) is 0 Å². The van der Waals surface area contributed by atoms with Crippen LogP contribution in [-0.2, 0) is 14.3 Å². The van der Waals surface area contributed by atoms with Crippen molar-refractivity contribution in [2.45, 2.75) is 84.2 Å². The van der Waals surface area contributed by atoms with Crippen molar-refractivity contribution in [3.8, 4) is 0 Å². The van der Waals surface area contributed by atoms with Crippen LogP contribution in [0.5, 0.6) is 0 Å². The van der Waals surface area contributed by atoms with Crippen LogP contribution >= 0.6 is 0 Å². The lowest BCUT2D eigenvalue weighted by Gasteiger charge is -2.33. The summed E-state index contributed by atoms with van der Waals surface area (Å²) in [7, 11) is 1.64. The first-order chi connectivity index (χ1) is 14.9. The van der Waals surface area contributed by atoms with Crippen molar-refractivity contribution in [1.82, 2.24) is 19.6 Å². The van der Waals surface area contributed by atoms with Crippen LogP contribution in [0.2, 0.25) is 0 Å². The normalized spacial score (nSPS) is 18.1. The molecule has 0 radical (unpaired) electrons. The molecule has 0 saturated carbocycles. The fourth-order valence-corrected chi connectivity index (χ4v) is 4.46. The molecule has 2 saturated heterocycles. The lowest BCUT2D eigenvalue weighted by atomic mass is 9.95. The summed E-state index contributed by atoms with van der Waals surface area (Å²) in [6.07, 6.45) is 4.95. The first kappa shape index (κ1) is 26.1. The zero-order valence-electron chi connectivity index (χ0n) is 20.6. The van der Waals surface area contributed by atoms with Gasteiger partial charge in [-0.15, -0.1) is 0 Å². The fourth-order valence-electron chi connectivity index (χ4n) is 4.46. The molecule has 2 aliphatic rings. The minimum Gasteiger partial charge on any atom is -0.381 e. The second-order valence-corrected chi connectivity index (χ2v) is 10.0. The monoisotopic (exact) mass is 452 g/mol. The maximum Gasteiger partial charge on any atom is 0.327 e. The average Bonchev–Trinajstić information content (AvgIpc) is 3.14. The second-order valence-electron chi connectivity index (χ2n) is 10.0. The molecule has 32 heavy (non-hydrogen) atoms. The number of imide groups is 2. The van der Waals surface area contributed by atoms with Crippen LogP contribution < -0.4 is 0 Å². The van der Waals surface area contributed by atoms with Crippen molar-refractivity contribution in [2.24, 2.45) is 0 Å². The highest BCUT2D eigenvalue weighted by Crippen LogP contribution is 2.28. The third kappa shape index (κ3) is 5.99. The van der Waals surface area contributed by atoms with E-state index < -0.39 is 11.1 Å². The third-order valence-electron chi connectivity index (χ3n) is 6.42. The van der Waals surface area contributed by atoms with E-state index in [-0.39, 0.29) is 37.0 Å². The number of nitrogens with zero attached hydrogens (tertiary/aromatic N) is 4. The predicted molar refractivity (Wildman–Crippen MR) is 121 cm³/mol. The first-order valence-corrected chi connectivity index (χ1v) is 11.7. The van der Waals surface area contributed by atoms with E-state index in [0.29, 0.717) is 19.8 Å². The van der Waals surface area contributed by atoms with Gasteiger partial charge in [-0.05, 0) is 73.1 Å². The van der Waals surface area contributed by atoms with E-state index in [2.05, 4.69) is 0 Å². The number of rotatable bonds is 13. The standard InChI is InChI=1S/C23H40N4O5/c1-7-25-17-19(29)27(21(25)31)23(4,5)13-9-11-15-32-14-10-8-12-22(2,3)26-18(28)16-24(6)20(26)30/h7-17H2,1-6H3. The van der Waals surface area contributed by atoms with E-state index in [9.17, 15) is 19.2 Å². The molecule has 2 heterocycles. The van der Waals surface area contributed by atoms with Gasteiger partial charge in [-0.25, -0.2) is 9.59 Å². The Morgan fingerprint density at radius 3 is 1.62 bits per heavy atom. The van der Waals surface area contributed by atoms with Crippen LogP contribution in [0, 0.1) is 0 Å². The SMILES string of the molecule is CCN1CC(=O)N(C(C)(C)CCCCOCCCCC(C)(C)N2C(=O)CN(C)C2=O)C1=O. The summed E-state index contributed by atoms with van der Waals surface area (Å²) < 4.78 is 5.74. The van der Waals surface area contributed by atoms with Gasteiger partial charge in [-0.2, -0.15) is 0 Å². The lowest BCUT2D eigenvalue weighted by molar-refractivity contribution is -0.129. The maximum absolute atomic E-state index is 12.4. The minimum atomic E-state index is -0.498. The minimum absolute atomic E-state index is 0.120. The fraction of sp³-hybridized carbons (Fsp3) is 0.826. The molecule has 2 fully saturated rings. The molecule has 0 N–H and O–H groups in total. The molecule has 0 atom stereocenters. The van der Waals surface area contributed by atoms with Crippen LogP contribution in [0.4, 0.5) is 9.59 Å². The van der Waals surface area contributed by atoms with Gasteiger partial charge in [0.25, 0.3) is 11.8 Å². The van der Waals surface area contributed by atoms with Crippen molar-refractivity contribution in [1.29, 1.82) is 0 Å². The number of hydrogen-bond donors (Lipinski definition) is 0. The van der Waals surface area contributed by atoms with Crippen LogP contribution in [0.3, 0.4) is 0 Å². The highest BCUT2D eigenvalue weighted by Gasteiger charge is 2.44. The van der Waals surface area contributed by atoms with E-state index >= 15 is 0 Å². The summed E-state index contributed by atoms with van der Waals surface area (Å²) in [5, 5.41) is 0. The highest BCUT2D eigenvalue weighted by molar-refractivity contribution is 6.03. The van der Waals surface area contributed by atoms with Crippen molar-refractivity contribution < 1.29 is 23.9 Å². The van der Waals surface area contributed by atoms with Crippen LogP contribution in [0.1, 0.15) is 73.1 Å². The molecule has 0 spiro atoms. The number of ether oxygens (including phenoxy) is 1. The maximum atomic E-state index is 12.4. The highest BCUT2D eigenvalue weighted by atomic mass is 16.5. The molecule has 0 aromatic carbocycles. The average molecular weight is 453 g/mol. The molecule has 0 aliphatic carbocycles. The van der Waals surface area contributed by atoms with Gasteiger partial charge < -0.3 is 14.5 Å². The number of amides is 6. The summed E-state index contributed by atoms with van der Waals surface area (Å²) >= 11 is 0. The van der Waals surface area contributed by atoms with Gasteiger partial charge in [0.05, 0.1) is 0 Å². The van der Waals surface area contributed by atoms with E-state index in [0.717, 1.165) is 38.5 Å². The number of unbranched alkanes of at least 4 members (excludes halogenated alkanes) is 2. The quantitative estimate of drug-likeness (QED) is 0.316. The number of likely N-dealkylation sites (N-methyl/N-ethyl adjacent to an activating group) is 2. The Morgan fingerprint density at radius 2 is 1.22 bits per heavy atom. The van der Waals surface area contributed by atoms with Gasteiger partial charge in [0.15, 0.2) is 0 Å². The molecule has 9 heteroatoms. The second kappa shape index (κ2) is 10.6. The predicted octanol–water partition coefficient (Wildman–Crippen LogP) is 3.08. The van der Waals surface area contributed by atoms with Gasteiger partial charge in [-0.1, -0.05) is 0 Å². The lowest BCUT2D eigenvalue weighted by Crippen LogP contribution is -2.48. The molecule has 0 aromatic rings. The zero-order chi connectivity index (χ0) is 24.1. The molecule has 182 valence electrons. The van der Waals surface area contributed by atoms with Gasteiger partial charge in [-0.3, -0.25) is 19.4 Å². The van der Waals surface area contributed by atoms with Crippen molar-refractivity contribution in [2.75, 3.05) is 39.9 Å². The molecule has 6 amide bonds. The van der Waals surface area contributed by atoms with Crippen molar-refractivity contribution in [3.63, 3.8) is 0 Å². The van der Waals surface area contributed by atoms with Gasteiger partial charge in [0.1, 0.15) is 13.1 Å². The summed E-state index contributed by atoms with van der Waals surface area (Å²) in [5.41, 5.74) is -0.996. The smallest absolute Gasteiger partial charge is 0.327 e. The molecular formula is C23H40N4O5. The van der Waals surface area contributed by atoms with Crippen molar-refractivity contribution in [3.05, 3.63) is 0 Å². The number of hydrogen-bond acceptors (Lipinski definition) is 5. The Balaban J connectivity index is 1.60. The number of urea groups is 2. The molecule has 2 rings (SSSR count). The van der Waals surface area contributed by atoms with E-state index in [1.807, 2.05) is 34.6 Å². The molecule has 0 aromatic heterocycles. The Hall–Kier alpha value is -2.16. The van der Waals surface area contributed by atoms with Crippen LogP contribution in [-0.4, -0.2) is 94.4 Å². The van der Waals surface area contributed by atoms with Gasteiger partial charge in [0.2, 0.25) is 0 Å². The Kier molecular flexibility index (Phi) is 8.67. The molecule has 0 bridgehead atoms.